The lowest BCUT2D eigenvalue weighted by Crippen LogP contribution is -2.44. The Kier molecular flexibility index (Phi) is 8.56. The third-order valence-electron chi connectivity index (χ3n) is 11.2. The summed E-state index contributed by atoms with van der Waals surface area (Å²) in [6.45, 7) is 6.39. The number of nitrogens with zero attached hydrogens (tertiary/aromatic N) is 7. The van der Waals surface area contributed by atoms with E-state index in [1.807, 2.05) is 16.8 Å². The second kappa shape index (κ2) is 12.4. The lowest BCUT2D eigenvalue weighted by Gasteiger charge is -2.44. The van der Waals surface area contributed by atoms with Gasteiger partial charge in [0.25, 0.3) is 5.91 Å². The van der Waals surface area contributed by atoms with Gasteiger partial charge in [-0.3, -0.25) is 14.4 Å². The van der Waals surface area contributed by atoms with Crippen molar-refractivity contribution in [1.29, 1.82) is 0 Å². The van der Waals surface area contributed by atoms with Crippen molar-refractivity contribution >= 4 is 29.8 Å². The van der Waals surface area contributed by atoms with Crippen LogP contribution in [0.5, 0.6) is 6.01 Å². The van der Waals surface area contributed by atoms with E-state index in [2.05, 4.69) is 34.0 Å². The summed E-state index contributed by atoms with van der Waals surface area (Å²) in [5, 5.41) is 4.64. The largest absolute Gasteiger partial charge is 0.461 e. The van der Waals surface area contributed by atoms with Crippen molar-refractivity contribution in [2.24, 2.45) is 0 Å². The van der Waals surface area contributed by atoms with E-state index in [9.17, 15) is 9.18 Å². The van der Waals surface area contributed by atoms with Gasteiger partial charge in [-0.2, -0.15) is 15.1 Å². The minimum atomic E-state index is -0.830. The van der Waals surface area contributed by atoms with E-state index >= 15 is 0 Å². The molecule has 4 atom stereocenters. The fraction of sp³-hybridized carbons (Fsp3) is 0.600. The number of halogens is 2. The molecule has 1 aliphatic carbocycles. The number of rotatable bonds is 5. The first-order chi connectivity index (χ1) is 22.6. The number of nitrogens with two attached hydrogens (primary N) is 1. The summed E-state index contributed by atoms with van der Waals surface area (Å²) >= 11 is 0. The first kappa shape index (κ1) is 33.0. The molecular formula is C35H46ClFN8O3. The first-order valence-electron chi connectivity index (χ1n) is 17.1. The van der Waals surface area contributed by atoms with Crippen molar-refractivity contribution in [2.45, 2.75) is 94.8 Å². The van der Waals surface area contributed by atoms with Crippen LogP contribution >= 0.6 is 12.4 Å². The molecule has 4 aliphatic heterocycles. The third-order valence-corrected chi connectivity index (χ3v) is 11.2. The molecule has 0 saturated carbocycles. The van der Waals surface area contributed by atoms with E-state index in [1.165, 1.54) is 5.56 Å². The van der Waals surface area contributed by atoms with E-state index in [0.29, 0.717) is 63.3 Å². The Morgan fingerprint density at radius 2 is 2.02 bits per heavy atom. The number of hydrogen-bond acceptors (Lipinski definition) is 9. The molecule has 2 unspecified atom stereocenters. The van der Waals surface area contributed by atoms with Gasteiger partial charge in [-0.25, -0.2) is 4.39 Å². The second-order valence-electron chi connectivity index (χ2n) is 14.6. The zero-order valence-corrected chi connectivity index (χ0v) is 28.9. The van der Waals surface area contributed by atoms with E-state index in [4.69, 9.17) is 25.2 Å². The number of aromatic nitrogens is 4. The average Bonchev–Trinajstić information content (AvgIpc) is 3.68. The highest BCUT2D eigenvalue weighted by Gasteiger charge is 2.50. The summed E-state index contributed by atoms with van der Waals surface area (Å²) < 4.78 is 29.9. The highest BCUT2D eigenvalue weighted by Crippen LogP contribution is 2.50. The molecule has 2 fully saturated rings. The summed E-state index contributed by atoms with van der Waals surface area (Å²) in [7, 11) is 3.48. The number of nitrogen functional groups attached to an aromatic ring is 1. The lowest BCUT2D eigenvalue weighted by atomic mass is 9.71. The van der Waals surface area contributed by atoms with Gasteiger partial charge >= 0.3 is 6.01 Å². The molecule has 6 heterocycles. The Hall–Kier alpha value is -3.48. The number of ether oxygens (including phenoxy) is 2. The zero-order chi connectivity index (χ0) is 32.5. The molecule has 2 aromatic heterocycles. The maximum atomic E-state index is 14.6. The van der Waals surface area contributed by atoms with Gasteiger partial charge in [0, 0.05) is 57.8 Å². The molecule has 0 radical (unpaired) electrons. The van der Waals surface area contributed by atoms with Crippen molar-refractivity contribution in [2.75, 3.05) is 51.0 Å². The molecule has 11 nitrogen and oxygen atoms in total. The maximum Gasteiger partial charge on any atom is 0.318 e. The molecule has 13 heteroatoms. The van der Waals surface area contributed by atoms with Crippen LogP contribution in [0.3, 0.4) is 0 Å². The Bertz CT molecular complexity index is 1720. The van der Waals surface area contributed by atoms with Crippen molar-refractivity contribution in [3.8, 4) is 6.01 Å². The summed E-state index contributed by atoms with van der Waals surface area (Å²) in [6, 6.07) is 8.44. The van der Waals surface area contributed by atoms with Crippen molar-refractivity contribution in [3.63, 3.8) is 0 Å². The minimum Gasteiger partial charge on any atom is -0.461 e. The Morgan fingerprint density at radius 1 is 1.17 bits per heavy atom. The lowest BCUT2D eigenvalue weighted by molar-refractivity contribution is -0.0871. The van der Waals surface area contributed by atoms with Crippen LogP contribution in [0.15, 0.2) is 24.3 Å². The molecule has 1 amide bonds. The second-order valence-corrected chi connectivity index (χ2v) is 14.6. The molecule has 5 aliphatic rings. The Balaban J connectivity index is 0.00000364. The number of amides is 1. The number of fused-ring (bicyclic) bond motifs is 5. The first-order valence-corrected chi connectivity index (χ1v) is 17.1. The number of alkyl halides is 1. The molecular weight excluding hydrogens is 635 g/mol. The smallest absolute Gasteiger partial charge is 0.318 e. The molecule has 1 aromatic carbocycles. The van der Waals surface area contributed by atoms with Crippen LogP contribution in [0.1, 0.15) is 89.9 Å². The molecule has 1 spiro atoms. The molecule has 8 rings (SSSR count). The van der Waals surface area contributed by atoms with Gasteiger partial charge in [-0.1, -0.05) is 13.0 Å². The molecule has 2 N–H and O–H groups in total. The summed E-state index contributed by atoms with van der Waals surface area (Å²) in [6.07, 6.45) is 4.95. The van der Waals surface area contributed by atoms with Crippen LogP contribution in [-0.2, 0) is 36.5 Å². The number of carbonyl (C=O) groups excluding carboxylic acids is 1. The Morgan fingerprint density at radius 3 is 2.85 bits per heavy atom. The third kappa shape index (κ3) is 5.59. The van der Waals surface area contributed by atoms with Gasteiger partial charge in [0.15, 0.2) is 5.69 Å². The number of hydrogen-bond donors (Lipinski definition) is 1. The van der Waals surface area contributed by atoms with Gasteiger partial charge in [0.05, 0.1) is 35.7 Å². The van der Waals surface area contributed by atoms with Gasteiger partial charge in [-0.05, 0) is 73.9 Å². The molecule has 48 heavy (non-hydrogen) atoms. The van der Waals surface area contributed by atoms with Crippen LogP contribution in [0.2, 0.25) is 0 Å². The van der Waals surface area contributed by atoms with Gasteiger partial charge < -0.3 is 25.0 Å². The predicted octanol–water partition coefficient (Wildman–Crippen LogP) is 4.61. The standard InChI is InChI=1S/C35H45FN8O3.ClH/c1-22-8-10-35(28-14-24(37)6-7-26(22)28)17-30-27(20-47-35)31(39-33(38-30)46-21-34-9-4-12-43(34)18-23(36)16-34)42-11-5-13-44-25(19-42)15-29(40-44)32(45)41(2)3;/h6-7,14-15,22-23H,4-5,8-13,16-21,37H2,1-3H3;1H/t22?,23-,34+,35?;/m1./s1. The average molecular weight is 681 g/mol. The van der Waals surface area contributed by atoms with Gasteiger partial charge in [0.1, 0.15) is 18.6 Å². The zero-order valence-electron chi connectivity index (χ0n) is 28.1. The number of carbonyl (C=O) groups is 1. The Labute approximate surface area is 287 Å². The topological polar surface area (TPSA) is 115 Å². The fourth-order valence-electron chi connectivity index (χ4n) is 8.74. The van der Waals surface area contributed by atoms with Crippen LogP contribution < -0.4 is 15.4 Å². The summed E-state index contributed by atoms with van der Waals surface area (Å²) in [4.78, 5) is 29.0. The van der Waals surface area contributed by atoms with E-state index in [1.54, 1.807) is 19.0 Å². The highest BCUT2D eigenvalue weighted by molar-refractivity contribution is 5.92. The highest BCUT2D eigenvalue weighted by atomic mass is 35.5. The van der Waals surface area contributed by atoms with Gasteiger partial charge in [-0.15, -0.1) is 12.4 Å². The van der Waals surface area contributed by atoms with Crippen molar-refractivity contribution < 1.29 is 18.7 Å². The van der Waals surface area contributed by atoms with Crippen LogP contribution in [0.4, 0.5) is 15.9 Å². The van der Waals surface area contributed by atoms with Crippen molar-refractivity contribution in [3.05, 3.63) is 58.0 Å². The normalized spacial score (nSPS) is 27.8. The minimum absolute atomic E-state index is 0. The SMILES string of the molecule is CC1CCC2(Cc3nc(OC[C@@]45CCCN4C[C@H](F)C5)nc(N4CCCn5nc(C(=O)N(C)C)cc5C4)c3CO2)c2cc(N)ccc21.Cl. The summed E-state index contributed by atoms with van der Waals surface area (Å²) in [5.74, 6) is 1.10. The number of benzene rings is 1. The predicted molar refractivity (Wildman–Crippen MR) is 182 cm³/mol. The van der Waals surface area contributed by atoms with Gasteiger partial charge in [0.2, 0.25) is 0 Å². The molecule has 2 saturated heterocycles. The molecule has 258 valence electrons. The monoisotopic (exact) mass is 680 g/mol. The van der Waals surface area contributed by atoms with E-state index in [-0.39, 0.29) is 23.9 Å². The van der Waals surface area contributed by atoms with Crippen LogP contribution in [0.25, 0.3) is 0 Å². The fourth-order valence-corrected chi connectivity index (χ4v) is 8.74. The van der Waals surface area contributed by atoms with Crippen LogP contribution in [0, 0.1) is 0 Å². The number of aryl methyl sites for hydroxylation is 1. The summed E-state index contributed by atoms with van der Waals surface area (Å²) in [5.41, 5.74) is 12.0. The molecule has 0 bridgehead atoms. The quantitative estimate of drug-likeness (QED) is 0.386. The van der Waals surface area contributed by atoms with E-state index in [0.717, 1.165) is 79.2 Å². The maximum absolute atomic E-state index is 14.6. The molecule has 3 aromatic rings. The van der Waals surface area contributed by atoms with E-state index < -0.39 is 11.8 Å². The van der Waals surface area contributed by atoms with Crippen molar-refractivity contribution in [1.82, 2.24) is 29.5 Å². The van der Waals surface area contributed by atoms with Crippen LogP contribution in [-0.4, -0.2) is 87.5 Å². The number of anilines is 2.